The van der Waals surface area contributed by atoms with Crippen LogP contribution in [-0.4, -0.2) is 12.2 Å². The van der Waals surface area contributed by atoms with Crippen molar-refractivity contribution in [3.05, 3.63) is 33.8 Å². The Hall–Kier alpha value is -0.770. The first-order valence-corrected chi connectivity index (χ1v) is 4.40. The number of benzene rings is 1. The molecule has 0 saturated carbocycles. The molecule has 0 bridgehead atoms. The summed E-state index contributed by atoms with van der Waals surface area (Å²) in [4.78, 5) is 10.9. The molecular formula is C9H7BrF2O. The number of hydrogen-bond acceptors (Lipinski definition) is 1. The molecule has 0 heterocycles. The van der Waals surface area contributed by atoms with Crippen molar-refractivity contribution in [2.24, 2.45) is 0 Å². The van der Waals surface area contributed by atoms with E-state index in [9.17, 15) is 13.6 Å². The summed E-state index contributed by atoms with van der Waals surface area (Å²) >= 11 is 3.18. The van der Waals surface area contributed by atoms with Crippen molar-refractivity contribution < 1.29 is 13.6 Å². The minimum absolute atomic E-state index is 0.0817. The predicted molar refractivity (Wildman–Crippen MR) is 49.2 cm³/mol. The number of carbonyl (C=O) groups excluding carboxylic acids is 1. The molecule has 0 atom stereocenters. The molecular weight excluding hydrogens is 242 g/mol. The van der Waals surface area contributed by atoms with Gasteiger partial charge in [-0.3, -0.25) is 4.79 Å². The fourth-order valence-electron chi connectivity index (χ4n) is 1.02. The van der Waals surface area contributed by atoms with Gasteiger partial charge in [0.2, 0.25) is 5.78 Å². The van der Waals surface area contributed by atoms with Crippen molar-refractivity contribution in [3.8, 4) is 0 Å². The number of alkyl halides is 2. The minimum Gasteiger partial charge on any atom is -0.288 e. The Labute approximate surface area is 82.9 Å². The summed E-state index contributed by atoms with van der Waals surface area (Å²) in [5.41, 5.74) is 0.637. The van der Waals surface area contributed by atoms with E-state index in [-0.39, 0.29) is 5.56 Å². The first kappa shape index (κ1) is 10.3. The third kappa shape index (κ3) is 2.34. The Morgan fingerprint density at radius 3 is 2.54 bits per heavy atom. The maximum absolute atomic E-state index is 12.0. The molecule has 0 aliphatic carbocycles. The smallest absolute Gasteiger partial charge is 0.288 e. The van der Waals surface area contributed by atoms with E-state index < -0.39 is 12.2 Å². The molecule has 1 rings (SSSR count). The van der Waals surface area contributed by atoms with Gasteiger partial charge in [-0.05, 0) is 30.7 Å². The predicted octanol–water partition coefficient (Wildman–Crippen LogP) is 3.21. The highest BCUT2D eigenvalue weighted by Gasteiger charge is 2.19. The molecule has 13 heavy (non-hydrogen) atoms. The van der Waals surface area contributed by atoms with Gasteiger partial charge in [0.05, 0.1) is 0 Å². The quantitative estimate of drug-likeness (QED) is 0.735. The summed E-state index contributed by atoms with van der Waals surface area (Å²) in [5, 5.41) is 0. The van der Waals surface area contributed by atoms with E-state index >= 15 is 0 Å². The van der Waals surface area contributed by atoms with Crippen LogP contribution >= 0.6 is 15.9 Å². The standard InChI is InChI=1S/C9H7BrF2O/c1-5-4-6(10)2-3-7(5)8(13)9(11)12/h2-4,9H,1H3. The second-order valence-corrected chi connectivity index (χ2v) is 3.54. The number of rotatable bonds is 2. The van der Waals surface area contributed by atoms with E-state index in [2.05, 4.69) is 15.9 Å². The average Bonchev–Trinajstić information content (AvgIpc) is 2.03. The Morgan fingerprint density at radius 1 is 1.46 bits per heavy atom. The van der Waals surface area contributed by atoms with E-state index in [1.54, 1.807) is 19.1 Å². The molecule has 0 radical (unpaired) electrons. The number of aryl methyl sites for hydroxylation is 1. The molecule has 0 unspecified atom stereocenters. The van der Waals surface area contributed by atoms with Gasteiger partial charge in [-0.15, -0.1) is 0 Å². The van der Waals surface area contributed by atoms with E-state index in [4.69, 9.17) is 0 Å². The number of ketones is 1. The Morgan fingerprint density at radius 2 is 2.08 bits per heavy atom. The summed E-state index contributed by atoms with van der Waals surface area (Å²) in [5.74, 6) is -1.12. The highest BCUT2D eigenvalue weighted by molar-refractivity contribution is 9.10. The topological polar surface area (TPSA) is 17.1 Å². The van der Waals surface area contributed by atoms with E-state index in [0.717, 1.165) is 4.47 Å². The van der Waals surface area contributed by atoms with Crippen molar-refractivity contribution in [2.45, 2.75) is 13.3 Å². The van der Waals surface area contributed by atoms with Gasteiger partial charge in [-0.1, -0.05) is 15.9 Å². The van der Waals surface area contributed by atoms with Crippen molar-refractivity contribution in [3.63, 3.8) is 0 Å². The molecule has 4 heteroatoms. The lowest BCUT2D eigenvalue weighted by Crippen LogP contribution is -2.11. The van der Waals surface area contributed by atoms with Crippen molar-refractivity contribution in [2.75, 3.05) is 0 Å². The third-order valence-corrected chi connectivity index (χ3v) is 2.15. The van der Waals surface area contributed by atoms with E-state index in [0.29, 0.717) is 5.56 Å². The first-order chi connectivity index (χ1) is 6.02. The molecule has 0 fully saturated rings. The molecule has 0 spiro atoms. The van der Waals surface area contributed by atoms with Gasteiger partial charge in [0, 0.05) is 10.0 Å². The summed E-state index contributed by atoms with van der Waals surface area (Å²) in [6, 6.07) is 4.60. The molecule has 0 saturated heterocycles. The summed E-state index contributed by atoms with van der Waals surface area (Å²) in [6.07, 6.45) is -2.93. The van der Waals surface area contributed by atoms with Crippen molar-refractivity contribution in [1.82, 2.24) is 0 Å². The monoisotopic (exact) mass is 248 g/mol. The molecule has 0 N–H and O–H groups in total. The van der Waals surface area contributed by atoms with Gasteiger partial charge in [0.25, 0.3) is 0 Å². The van der Waals surface area contributed by atoms with Crippen LogP contribution in [0, 0.1) is 6.92 Å². The number of Topliss-reactive ketones (excluding diaryl/α,β-unsaturated/α-hetero) is 1. The molecule has 0 amide bonds. The van der Waals surface area contributed by atoms with Gasteiger partial charge in [-0.25, -0.2) is 8.78 Å². The average molecular weight is 249 g/mol. The van der Waals surface area contributed by atoms with Crippen LogP contribution in [0.25, 0.3) is 0 Å². The second kappa shape index (κ2) is 3.96. The maximum Gasteiger partial charge on any atom is 0.300 e. The van der Waals surface area contributed by atoms with E-state index in [1.807, 2.05) is 0 Å². The van der Waals surface area contributed by atoms with Gasteiger partial charge in [-0.2, -0.15) is 0 Å². The zero-order valence-electron chi connectivity index (χ0n) is 6.85. The van der Waals surface area contributed by atoms with E-state index in [1.165, 1.54) is 6.07 Å². The normalized spacial score (nSPS) is 10.5. The van der Waals surface area contributed by atoms with Gasteiger partial charge < -0.3 is 0 Å². The molecule has 1 nitrogen and oxygen atoms in total. The van der Waals surface area contributed by atoms with Crippen molar-refractivity contribution in [1.29, 1.82) is 0 Å². The molecule has 1 aromatic rings. The lowest BCUT2D eigenvalue weighted by Gasteiger charge is -2.03. The zero-order valence-corrected chi connectivity index (χ0v) is 8.44. The maximum atomic E-state index is 12.0. The van der Waals surface area contributed by atoms with Crippen LogP contribution in [0.4, 0.5) is 8.78 Å². The fourth-order valence-corrected chi connectivity index (χ4v) is 1.50. The molecule has 0 aliphatic heterocycles. The Kier molecular flexibility index (Phi) is 3.14. The minimum atomic E-state index is -2.93. The summed E-state index contributed by atoms with van der Waals surface area (Å²) < 4.78 is 24.8. The highest BCUT2D eigenvalue weighted by atomic mass is 79.9. The Bertz CT molecular complexity index is 336. The molecule has 0 aliphatic rings. The zero-order chi connectivity index (χ0) is 10.0. The molecule has 1 aromatic carbocycles. The third-order valence-electron chi connectivity index (χ3n) is 1.65. The first-order valence-electron chi connectivity index (χ1n) is 3.61. The van der Waals surface area contributed by atoms with Crippen LogP contribution in [0.3, 0.4) is 0 Å². The lowest BCUT2D eigenvalue weighted by atomic mass is 10.1. The highest BCUT2D eigenvalue weighted by Crippen LogP contribution is 2.18. The lowest BCUT2D eigenvalue weighted by molar-refractivity contribution is 0.0678. The van der Waals surface area contributed by atoms with Crippen LogP contribution in [0.2, 0.25) is 0 Å². The number of carbonyl (C=O) groups is 1. The van der Waals surface area contributed by atoms with Crippen LogP contribution in [0.5, 0.6) is 0 Å². The van der Waals surface area contributed by atoms with Crippen molar-refractivity contribution >= 4 is 21.7 Å². The van der Waals surface area contributed by atoms with Crippen LogP contribution < -0.4 is 0 Å². The van der Waals surface area contributed by atoms with Crippen LogP contribution in [0.1, 0.15) is 15.9 Å². The van der Waals surface area contributed by atoms with Gasteiger partial charge in [0.1, 0.15) is 0 Å². The SMILES string of the molecule is Cc1cc(Br)ccc1C(=O)C(F)F. The van der Waals surface area contributed by atoms with Crippen LogP contribution in [-0.2, 0) is 0 Å². The van der Waals surface area contributed by atoms with Crippen LogP contribution in [0.15, 0.2) is 22.7 Å². The Balaban J connectivity index is 3.09. The second-order valence-electron chi connectivity index (χ2n) is 2.62. The summed E-state index contributed by atoms with van der Waals surface area (Å²) in [6.45, 7) is 1.63. The van der Waals surface area contributed by atoms with Gasteiger partial charge in [0.15, 0.2) is 0 Å². The largest absolute Gasteiger partial charge is 0.300 e. The summed E-state index contributed by atoms with van der Waals surface area (Å²) in [7, 11) is 0. The molecule has 70 valence electrons. The molecule has 0 aromatic heterocycles. The van der Waals surface area contributed by atoms with Gasteiger partial charge >= 0.3 is 6.43 Å². The number of hydrogen-bond donors (Lipinski definition) is 0. The number of halogens is 3. The fraction of sp³-hybridized carbons (Fsp3) is 0.222.